The number of hydrogen-bond acceptors (Lipinski definition) is 8. The normalized spacial score (nSPS) is 18.8. The zero-order chi connectivity index (χ0) is 21.3. The molecule has 0 N–H and O–H groups in total. The van der Waals surface area contributed by atoms with E-state index in [0.717, 1.165) is 18.9 Å². The van der Waals surface area contributed by atoms with Crippen LogP contribution in [0.4, 0.5) is 11.8 Å². The predicted octanol–water partition coefficient (Wildman–Crippen LogP) is 0.657. The molecule has 164 valence electrons. The Morgan fingerprint density at radius 2 is 1.73 bits per heavy atom. The Morgan fingerprint density at radius 1 is 1.03 bits per heavy atom. The molecule has 0 bridgehead atoms. The number of ether oxygens (including phenoxy) is 1. The second-order valence-corrected chi connectivity index (χ2v) is 9.40. The van der Waals surface area contributed by atoms with Crippen molar-refractivity contribution in [1.82, 2.24) is 24.1 Å². The first-order valence-corrected chi connectivity index (χ1v) is 11.8. The van der Waals surface area contributed by atoms with E-state index >= 15 is 0 Å². The molecule has 10 nitrogen and oxygen atoms in total. The Kier molecular flexibility index (Phi) is 5.94. The second-order valence-electron chi connectivity index (χ2n) is 7.52. The molecule has 30 heavy (non-hydrogen) atoms. The van der Waals surface area contributed by atoms with Gasteiger partial charge in [-0.3, -0.25) is 4.68 Å². The summed E-state index contributed by atoms with van der Waals surface area (Å²) < 4.78 is 35.2. The quantitative estimate of drug-likeness (QED) is 0.676. The molecule has 2 aliphatic rings. The fraction of sp³-hybridized carbons (Fsp3) is 0.632. The maximum atomic E-state index is 13.3. The lowest BCUT2D eigenvalue weighted by molar-refractivity contribution is 0.122. The topological polar surface area (TPSA) is 96.7 Å². The minimum atomic E-state index is -3.58. The summed E-state index contributed by atoms with van der Waals surface area (Å²) in [5, 5.41) is 4.38. The monoisotopic (exact) mass is 435 g/mol. The van der Waals surface area contributed by atoms with Gasteiger partial charge in [0.1, 0.15) is 10.7 Å². The predicted molar refractivity (Wildman–Crippen MR) is 113 cm³/mol. The minimum absolute atomic E-state index is 0.342. The summed E-state index contributed by atoms with van der Waals surface area (Å²) in [5.41, 5.74) is 1.26. The van der Waals surface area contributed by atoms with E-state index in [9.17, 15) is 8.42 Å². The van der Waals surface area contributed by atoms with Crippen LogP contribution in [-0.2, 0) is 21.3 Å². The van der Waals surface area contributed by atoms with Crippen molar-refractivity contribution in [3.8, 4) is 0 Å². The van der Waals surface area contributed by atoms with Crippen LogP contribution in [0, 0.1) is 13.8 Å². The molecule has 0 atom stereocenters. The maximum absolute atomic E-state index is 13.3. The Balaban J connectivity index is 1.47. The average molecular weight is 436 g/mol. The molecule has 2 aliphatic heterocycles. The van der Waals surface area contributed by atoms with Gasteiger partial charge >= 0.3 is 0 Å². The molecule has 2 aromatic rings. The van der Waals surface area contributed by atoms with Crippen LogP contribution in [0.15, 0.2) is 17.2 Å². The molecule has 11 heteroatoms. The van der Waals surface area contributed by atoms with Crippen LogP contribution >= 0.6 is 0 Å². The number of morpholine rings is 1. The fourth-order valence-electron chi connectivity index (χ4n) is 4.08. The van der Waals surface area contributed by atoms with E-state index < -0.39 is 10.0 Å². The van der Waals surface area contributed by atoms with Crippen LogP contribution in [0.1, 0.15) is 18.3 Å². The Hall–Kier alpha value is -2.24. The highest BCUT2D eigenvalue weighted by Crippen LogP contribution is 2.25. The second kappa shape index (κ2) is 8.48. The first-order chi connectivity index (χ1) is 14.4. The van der Waals surface area contributed by atoms with E-state index in [4.69, 9.17) is 9.72 Å². The molecule has 0 aliphatic carbocycles. The van der Waals surface area contributed by atoms with Gasteiger partial charge in [0.25, 0.3) is 0 Å². The summed E-state index contributed by atoms with van der Waals surface area (Å²) in [6.07, 6.45) is 1.77. The minimum Gasteiger partial charge on any atom is -0.378 e. The number of rotatable bonds is 5. The van der Waals surface area contributed by atoms with Crippen molar-refractivity contribution in [1.29, 1.82) is 0 Å². The molecule has 2 fully saturated rings. The summed E-state index contributed by atoms with van der Waals surface area (Å²) in [6.45, 7) is 11.1. The molecular formula is C19H29N7O3S. The molecule has 2 aromatic heterocycles. The number of nitrogens with zero attached hydrogens (tertiary/aromatic N) is 7. The van der Waals surface area contributed by atoms with Crippen molar-refractivity contribution < 1.29 is 13.2 Å². The van der Waals surface area contributed by atoms with E-state index in [1.54, 1.807) is 22.1 Å². The molecular weight excluding hydrogens is 406 g/mol. The van der Waals surface area contributed by atoms with Crippen LogP contribution in [0.2, 0.25) is 0 Å². The van der Waals surface area contributed by atoms with Gasteiger partial charge in [0, 0.05) is 52.0 Å². The molecule has 0 aromatic carbocycles. The van der Waals surface area contributed by atoms with Gasteiger partial charge in [-0.1, -0.05) is 0 Å². The highest BCUT2D eigenvalue weighted by Gasteiger charge is 2.33. The van der Waals surface area contributed by atoms with E-state index in [1.807, 2.05) is 19.9 Å². The number of aromatic nitrogens is 4. The van der Waals surface area contributed by atoms with Crippen LogP contribution in [0.25, 0.3) is 0 Å². The molecule has 0 amide bonds. The lowest BCUT2D eigenvalue weighted by atomic mass is 10.3. The van der Waals surface area contributed by atoms with Crippen molar-refractivity contribution in [3.05, 3.63) is 23.7 Å². The van der Waals surface area contributed by atoms with Crippen molar-refractivity contribution in [2.24, 2.45) is 0 Å². The summed E-state index contributed by atoms with van der Waals surface area (Å²) in [6, 6.07) is 1.88. The number of hydrogen-bond donors (Lipinski definition) is 0. The SMILES string of the molecule is CCn1nc(C)c(S(=O)(=O)N2CCN(c3ccnc(N4CCOCC4)n3)CC2)c1C. The smallest absolute Gasteiger partial charge is 0.246 e. The third kappa shape index (κ3) is 3.88. The van der Waals surface area contributed by atoms with Gasteiger partial charge < -0.3 is 14.5 Å². The van der Waals surface area contributed by atoms with Gasteiger partial charge in [-0.15, -0.1) is 0 Å². The summed E-state index contributed by atoms with van der Waals surface area (Å²) >= 11 is 0. The van der Waals surface area contributed by atoms with Crippen molar-refractivity contribution >= 4 is 21.8 Å². The Morgan fingerprint density at radius 3 is 2.37 bits per heavy atom. The molecule has 4 rings (SSSR count). The van der Waals surface area contributed by atoms with E-state index in [2.05, 4.69) is 19.9 Å². The van der Waals surface area contributed by atoms with Crippen LogP contribution in [0.5, 0.6) is 0 Å². The first-order valence-electron chi connectivity index (χ1n) is 10.4. The molecule has 0 saturated carbocycles. The van der Waals surface area contributed by atoms with Crippen molar-refractivity contribution in [3.63, 3.8) is 0 Å². The fourth-order valence-corrected chi connectivity index (χ4v) is 5.87. The summed E-state index contributed by atoms with van der Waals surface area (Å²) in [7, 11) is -3.58. The van der Waals surface area contributed by atoms with Crippen molar-refractivity contribution in [2.75, 3.05) is 62.3 Å². The third-order valence-electron chi connectivity index (χ3n) is 5.70. The summed E-state index contributed by atoms with van der Waals surface area (Å²) in [4.78, 5) is 13.7. The van der Waals surface area contributed by atoms with Crippen LogP contribution in [0.3, 0.4) is 0 Å². The number of anilines is 2. The molecule has 0 unspecified atom stereocenters. The lowest BCUT2D eigenvalue weighted by Crippen LogP contribution is -2.49. The summed E-state index contributed by atoms with van der Waals surface area (Å²) in [5.74, 6) is 1.53. The van der Waals surface area contributed by atoms with Gasteiger partial charge in [0.15, 0.2) is 0 Å². The molecule has 2 saturated heterocycles. The first kappa shape index (κ1) is 21.0. The Labute approximate surface area is 177 Å². The van der Waals surface area contributed by atoms with E-state index in [1.165, 1.54) is 0 Å². The van der Waals surface area contributed by atoms with Gasteiger partial charge in [0.05, 0.1) is 24.6 Å². The van der Waals surface area contributed by atoms with Gasteiger partial charge in [-0.25, -0.2) is 13.4 Å². The third-order valence-corrected chi connectivity index (χ3v) is 7.85. The number of piperazine rings is 1. The zero-order valence-corrected chi connectivity index (χ0v) is 18.6. The number of sulfonamides is 1. The Bertz CT molecular complexity index is 994. The molecule has 4 heterocycles. The number of aryl methyl sites for hydroxylation is 2. The van der Waals surface area contributed by atoms with Gasteiger partial charge in [-0.2, -0.15) is 14.4 Å². The molecule has 0 spiro atoms. The van der Waals surface area contributed by atoms with Crippen LogP contribution < -0.4 is 9.80 Å². The highest BCUT2D eigenvalue weighted by atomic mass is 32.2. The average Bonchev–Trinajstić information content (AvgIpc) is 3.08. The van der Waals surface area contributed by atoms with Crippen molar-refractivity contribution in [2.45, 2.75) is 32.2 Å². The lowest BCUT2D eigenvalue weighted by Gasteiger charge is -2.35. The zero-order valence-electron chi connectivity index (χ0n) is 17.8. The maximum Gasteiger partial charge on any atom is 0.246 e. The standard InChI is InChI=1S/C19H29N7O3S/c1-4-26-16(3)18(15(2)22-26)30(27,28)25-9-7-23(8-10-25)17-5-6-20-19(21-17)24-11-13-29-14-12-24/h5-6H,4,7-14H2,1-3H3. The van der Waals surface area contributed by atoms with Crippen LogP contribution in [-0.4, -0.2) is 85.0 Å². The largest absolute Gasteiger partial charge is 0.378 e. The van der Waals surface area contributed by atoms with Gasteiger partial charge in [-0.05, 0) is 26.8 Å². The highest BCUT2D eigenvalue weighted by molar-refractivity contribution is 7.89. The molecule has 0 radical (unpaired) electrons. The van der Waals surface area contributed by atoms with Gasteiger partial charge in [0.2, 0.25) is 16.0 Å². The van der Waals surface area contributed by atoms with E-state index in [0.29, 0.717) is 68.2 Å². The van der Waals surface area contributed by atoms with E-state index in [-0.39, 0.29) is 0 Å².